The van der Waals surface area contributed by atoms with Gasteiger partial charge in [0, 0.05) is 11.1 Å². The fourth-order valence-electron chi connectivity index (χ4n) is 0.996. The Balaban J connectivity index is 2.89. The molecule has 4 heteroatoms. The molecule has 0 radical (unpaired) electrons. The van der Waals surface area contributed by atoms with E-state index in [4.69, 9.17) is 23.2 Å². The molecule has 0 atom stereocenters. The molecule has 1 rings (SSSR count). The van der Waals surface area contributed by atoms with Gasteiger partial charge in [0.25, 0.3) is 0 Å². The molecule has 0 aliphatic rings. The van der Waals surface area contributed by atoms with Crippen molar-refractivity contribution in [1.82, 2.24) is 0 Å². The van der Waals surface area contributed by atoms with E-state index in [-0.39, 0.29) is 23.3 Å². The SMILES string of the molecule is O=C(CCl)c1ccc(C(=O)CCl)cc1. The van der Waals surface area contributed by atoms with E-state index in [1.165, 1.54) is 0 Å². The molecule has 0 amide bonds. The van der Waals surface area contributed by atoms with Gasteiger partial charge in [-0.15, -0.1) is 23.2 Å². The summed E-state index contributed by atoms with van der Waals surface area (Å²) in [5.74, 6) is -0.418. The topological polar surface area (TPSA) is 34.1 Å². The molecule has 74 valence electrons. The van der Waals surface area contributed by atoms with E-state index in [0.717, 1.165) is 0 Å². The molecule has 0 aromatic heterocycles. The summed E-state index contributed by atoms with van der Waals surface area (Å²) in [5.41, 5.74) is 1.01. The Kier molecular flexibility index (Phi) is 4.11. The Morgan fingerprint density at radius 1 is 0.857 bits per heavy atom. The molecule has 0 bridgehead atoms. The number of halogens is 2. The largest absolute Gasteiger partial charge is 0.293 e. The first-order chi connectivity index (χ1) is 6.69. The lowest BCUT2D eigenvalue weighted by Crippen LogP contribution is -2.03. The average molecular weight is 231 g/mol. The molecule has 0 heterocycles. The van der Waals surface area contributed by atoms with Crippen molar-refractivity contribution in [1.29, 1.82) is 0 Å². The number of hydrogen-bond acceptors (Lipinski definition) is 2. The van der Waals surface area contributed by atoms with E-state index in [1.54, 1.807) is 24.3 Å². The minimum atomic E-state index is -0.156. The Labute approximate surface area is 91.8 Å². The van der Waals surface area contributed by atoms with E-state index in [9.17, 15) is 9.59 Å². The minimum Gasteiger partial charge on any atom is -0.293 e. The zero-order chi connectivity index (χ0) is 10.6. The molecule has 0 aliphatic carbocycles. The van der Waals surface area contributed by atoms with E-state index in [1.807, 2.05) is 0 Å². The number of carbonyl (C=O) groups is 2. The van der Waals surface area contributed by atoms with E-state index < -0.39 is 0 Å². The number of ketones is 2. The van der Waals surface area contributed by atoms with Crippen molar-refractivity contribution >= 4 is 34.8 Å². The lowest BCUT2D eigenvalue weighted by atomic mass is 10.1. The second kappa shape index (κ2) is 5.13. The van der Waals surface area contributed by atoms with Crippen LogP contribution >= 0.6 is 23.2 Å². The second-order valence-corrected chi connectivity index (χ2v) is 3.23. The summed E-state index contributed by atoms with van der Waals surface area (Å²) in [6.07, 6.45) is 0. The summed E-state index contributed by atoms with van der Waals surface area (Å²) in [5, 5.41) is 0. The highest BCUT2D eigenvalue weighted by Crippen LogP contribution is 2.07. The van der Waals surface area contributed by atoms with Crippen LogP contribution in [0.25, 0.3) is 0 Å². The zero-order valence-electron chi connectivity index (χ0n) is 7.30. The van der Waals surface area contributed by atoms with Gasteiger partial charge in [-0.3, -0.25) is 9.59 Å². The van der Waals surface area contributed by atoms with Crippen LogP contribution in [0.1, 0.15) is 20.7 Å². The van der Waals surface area contributed by atoms with Gasteiger partial charge >= 0.3 is 0 Å². The van der Waals surface area contributed by atoms with Gasteiger partial charge in [-0.1, -0.05) is 24.3 Å². The molecule has 0 saturated carbocycles. The molecule has 0 saturated heterocycles. The van der Waals surface area contributed by atoms with Gasteiger partial charge in [0.05, 0.1) is 11.8 Å². The third kappa shape index (κ3) is 2.56. The average Bonchev–Trinajstić information content (AvgIpc) is 2.27. The fraction of sp³-hybridized carbons (Fsp3) is 0.200. The number of Topliss-reactive ketones (excluding diaryl/α,β-unsaturated/α-hetero) is 2. The van der Waals surface area contributed by atoms with Gasteiger partial charge in [-0.2, -0.15) is 0 Å². The first-order valence-electron chi connectivity index (χ1n) is 3.97. The summed E-state index contributed by atoms with van der Waals surface area (Å²) in [6, 6.07) is 6.30. The second-order valence-electron chi connectivity index (χ2n) is 2.69. The molecular weight excluding hydrogens is 223 g/mol. The number of rotatable bonds is 4. The van der Waals surface area contributed by atoms with Crippen molar-refractivity contribution in [3.05, 3.63) is 35.4 Å². The smallest absolute Gasteiger partial charge is 0.177 e. The molecule has 1 aromatic rings. The van der Waals surface area contributed by atoms with E-state index in [0.29, 0.717) is 11.1 Å². The highest BCUT2D eigenvalue weighted by molar-refractivity contribution is 6.31. The van der Waals surface area contributed by atoms with Crippen molar-refractivity contribution < 1.29 is 9.59 Å². The van der Waals surface area contributed by atoms with Gasteiger partial charge in [0.15, 0.2) is 11.6 Å². The lowest BCUT2D eigenvalue weighted by molar-refractivity contribution is 0.100. The van der Waals surface area contributed by atoms with Gasteiger partial charge in [-0.05, 0) is 0 Å². The van der Waals surface area contributed by atoms with E-state index >= 15 is 0 Å². The Hall–Kier alpha value is -0.860. The van der Waals surface area contributed by atoms with Crippen LogP contribution < -0.4 is 0 Å². The molecule has 0 unspecified atom stereocenters. The van der Waals surface area contributed by atoms with Crippen molar-refractivity contribution in [2.45, 2.75) is 0 Å². The molecular formula is C10H8Cl2O2. The molecule has 0 N–H and O–H groups in total. The fourth-order valence-corrected chi connectivity index (χ4v) is 1.30. The van der Waals surface area contributed by atoms with Crippen molar-refractivity contribution in [3.63, 3.8) is 0 Å². The standard InChI is InChI=1S/C10H8Cl2O2/c11-5-9(13)7-1-2-8(4-3-7)10(14)6-12/h1-4H,5-6H2. The zero-order valence-corrected chi connectivity index (χ0v) is 8.81. The van der Waals surface area contributed by atoms with Crippen LogP contribution in [0.4, 0.5) is 0 Å². The Morgan fingerprint density at radius 3 is 1.36 bits per heavy atom. The molecule has 1 aromatic carbocycles. The normalized spacial score (nSPS) is 9.86. The third-order valence-corrected chi connectivity index (χ3v) is 2.26. The summed E-state index contributed by atoms with van der Waals surface area (Å²) in [7, 11) is 0. The predicted octanol–water partition coefficient (Wildman–Crippen LogP) is 2.53. The van der Waals surface area contributed by atoms with Gasteiger partial charge < -0.3 is 0 Å². The van der Waals surface area contributed by atoms with Crippen LogP contribution in [0, 0.1) is 0 Å². The van der Waals surface area contributed by atoms with Crippen LogP contribution in [-0.2, 0) is 0 Å². The quantitative estimate of drug-likeness (QED) is 0.589. The number of hydrogen-bond donors (Lipinski definition) is 0. The third-order valence-electron chi connectivity index (χ3n) is 1.77. The number of carbonyl (C=O) groups excluding carboxylic acids is 2. The highest BCUT2D eigenvalue weighted by atomic mass is 35.5. The highest BCUT2D eigenvalue weighted by Gasteiger charge is 2.06. The van der Waals surface area contributed by atoms with Gasteiger partial charge in [0.1, 0.15) is 0 Å². The summed E-state index contributed by atoms with van der Waals surface area (Å²) in [6.45, 7) is 0. The summed E-state index contributed by atoms with van der Waals surface area (Å²) >= 11 is 10.8. The van der Waals surface area contributed by atoms with Crippen LogP contribution in [0.15, 0.2) is 24.3 Å². The maximum absolute atomic E-state index is 11.1. The number of alkyl halides is 2. The van der Waals surface area contributed by atoms with Crippen LogP contribution in [-0.4, -0.2) is 23.3 Å². The van der Waals surface area contributed by atoms with Crippen LogP contribution in [0.2, 0.25) is 0 Å². The monoisotopic (exact) mass is 230 g/mol. The van der Waals surface area contributed by atoms with Gasteiger partial charge in [-0.25, -0.2) is 0 Å². The summed E-state index contributed by atoms with van der Waals surface area (Å²) in [4.78, 5) is 22.2. The minimum absolute atomic E-state index is 0.0528. The first-order valence-corrected chi connectivity index (χ1v) is 5.04. The van der Waals surface area contributed by atoms with Crippen LogP contribution in [0.3, 0.4) is 0 Å². The Bertz CT molecular complexity index is 309. The van der Waals surface area contributed by atoms with Gasteiger partial charge in [0.2, 0.25) is 0 Å². The lowest BCUT2D eigenvalue weighted by Gasteiger charge is -1.99. The molecule has 0 fully saturated rings. The molecule has 0 spiro atoms. The van der Waals surface area contributed by atoms with Crippen molar-refractivity contribution in [2.24, 2.45) is 0 Å². The molecule has 2 nitrogen and oxygen atoms in total. The molecule has 14 heavy (non-hydrogen) atoms. The Morgan fingerprint density at radius 2 is 1.14 bits per heavy atom. The van der Waals surface area contributed by atoms with Crippen molar-refractivity contribution in [2.75, 3.05) is 11.8 Å². The first kappa shape index (κ1) is 11.2. The predicted molar refractivity (Wildman–Crippen MR) is 56.5 cm³/mol. The maximum atomic E-state index is 11.1. The molecule has 0 aliphatic heterocycles. The van der Waals surface area contributed by atoms with E-state index in [2.05, 4.69) is 0 Å². The maximum Gasteiger partial charge on any atom is 0.177 e. The van der Waals surface area contributed by atoms with Crippen LogP contribution in [0.5, 0.6) is 0 Å². The number of benzene rings is 1. The van der Waals surface area contributed by atoms with Crippen molar-refractivity contribution in [3.8, 4) is 0 Å². The summed E-state index contributed by atoms with van der Waals surface area (Å²) < 4.78 is 0.